The third kappa shape index (κ3) is 1.92. The number of aromatic nitrogens is 1. The summed E-state index contributed by atoms with van der Waals surface area (Å²) in [5, 5.41) is 0.345. The van der Waals surface area contributed by atoms with Crippen molar-refractivity contribution in [1.29, 1.82) is 0 Å². The molecule has 0 radical (unpaired) electrons. The topological polar surface area (TPSA) is 48.0 Å². The monoisotopic (exact) mass is 238 g/mol. The summed E-state index contributed by atoms with van der Waals surface area (Å²) in [6, 6.07) is 6.98. The molecule has 0 unspecified atom stereocenters. The van der Waals surface area contributed by atoms with E-state index in [1.165, 1.54) is 29.0 Å². The summed E-state index contributed by atoms with van der Waals surface area (Å²) in [5.41, 5.74) is 5.48. The van der Waals surface area contributed by atoms with Crippen molar-refractivity contribution in [2.45, 2.75) is 0 Å². The molecule has 3 nitrogen and oxygen atoms in total. The second-order valence-corrected chi connectivity index (χ2v) is 3.70. The molecule has 1 aromatic carbocycles. The summed E-state index contributed by atoms with van der Waals surface area (Å²) < 4.78 is 14.5. The van der Waals surface area contributed by atoms with Crippen LogP contribution in [0.5, 0.6) is 0 Å². The minimum atomic E-state index is -0.556. The summed E-state index contributed by atoms with van der Waals surface area (Å²) in [7, 11) is 0. The standard InChI is InChI=1S/C11H8ClFN2O/c12-7-3-4-15(11(16)5-7)8-1-2-10(14)9(13)6-8/h1-6H,14H2. The van der Waals surface area contributed by atoms with Crippen LogP contribution in [0.25, 0.3) is 5.69 Å². The highest BCUT2D eigenvalue weighted by molar-refractivity contribution is 6.30. The average molecular weight is 239 g/mol. The van der Waals surface area contributed by atoms with Gasteiger partial charge in [0.05, 0.1) is 11.4 Å². The first-order chi connectivity index (χ1) is 7.58. The van der Waals surface area contributed by atoms with Crippen molar-refractivity contribution in [3.63, 3.8) is 0 Å². The van der Waals surface area contributed by atoms with Crippen molar-refractivity contribution in [3.05, 3.63) is 57.7 Å². The van der Waals surface area contributed by atoms with Crippen molar-refractivity contribution >= 4 is 17.3 Å². The van der Waals surface area contributed by atoms with Crippen LogP contribution in [-0.4, -0.2) is 4.57 Å². The summed E-state index contributed by atoms with van der Waals surface area (Å²) >= 11 is 5.65. The summed E-state index contributed by atoms with van der Waals surface area (Å²) in [6.07, 6.45) is 1.48. The van der Waals surface area contributed by atoms with Crippen molar-refractivity contribution in [2.75, 3.05) is 5.73 Å². The average Bonchev–Trinajstić information content (AvgIpc) is 2.22. The number of benzene rings is 1. The Kier molecular flexibility index (Phi) is 2.66. The number of anilines is 1. The van der Waals surface area contributed by atoms with Crippen molar-refractivity contribution in [3.8, 4) is 5.69 Å². The van der Waals surface area contributed by atoms with E-state index in [9.17, 15) is 9.18 Å². The fourth-order valence-electron chi connectivity index (χ4n) is 1.33. The Balaban J connectivity index is 2.59. The largest absolute Gasteiger partial charge is 0.396 e. The van der Waals surface area contributed by atoms with Gasteiger partial charge in [0.15, 0.2) is 0 Å². The second kappa shape index (κ2) is 3.98. The SMILES string of the molecule is Nc1ccc(-n2ccc(Cl)cc2=O)cc1F. The molecule has 82 valence electrons. The van der Waals surface area contributed by atoms with Crippen LogP contribution in [0.1, 0.15) is 0 Å². The number of nitrogens with zero attached hydrogens (tertiary/aromatic N) is 1. The maximum Gasteiger partial charge on any atom is 0.256 e. The van der Waals surface area contributed by atoms with Crippen LogP contribution in [-0.2, 0) is 0 Å². The molecule has 0 saturated carbocycles. The number of rotatable bonds is 1. The van der Waals surface area contributed by atoms with Gasteiger partial charge in [-0.25, -0.2) is 4.39 Å². The molecule has 0 saturated heterocycles. The van der Waals surface area contributed by atoms with Gasteiger partial charge in [-0.3, -0.25) is 9.36 Å². The molecule has 2 N–H and O–H groups in total. The minimum absolute atomic E-state index is 0.0470. The third-order valence-electron chi connectivity index (χ3n) is 2.14. The molecule has 0 spiro atoms. The number of hydrogen-bond acceptors (Lipinski definition) is 2. The molecule has 0 aliphatic rings. The van der Waals surface area contributed by atoms with Gasteiger partial charge in [-0.1, -0.05) is 11.6 Å². The predicted molar refractivity (Wildman–Crippen MR) is 61.4 cm³/mol. The first-order valence-corrected chi connectivity index (χ1v) is 4.89. The van der Waals surface area contributed by atoms with Crippen LogP contribution in [0.15, 0.2) is 41.3 Å². The predicted octanol–water partition coefficient (Wildman–Crippen LogP) is 2.21. The van der Waals surface area contributed by atoms with Crippen LogP contribution in [0, 0.1) is 5.82 Å². The van der Waals surface area contributed by atoms with Crippen LogP contribution >= 0.6 is 11.6 Å². The van der Waals surface area contributed by atoms with Gasteiger partial charge in [0, 0.05) is 23.4 Å². The number of hydrogen-bond donors (Lipinski definition) is 1. The van der Waals surface area contributed by atoms with E-state index in [4.69, 9.17) is 17.3 Å². The Bertz CT molecular complexity index is 595. The van der Waals surface area contributed by atoms with E-state index < -0.39 is 5.82 Å². The Labute approximate surface area is 95.9 Å². The molecule has 0 fully saturated rings. The van der Waals surface area contributed by atoms with Gasteiger partial charge in [-0.05, 0) is 18.2 Å². The van der Waals surface area contributed by atoms with Crippen LogP contribution in [0.2, 0.25) is 5.02 Å². The van der Waals surface area contributed by atoms with Crippen LogP contribution in [0.4, 0.5) is 10.1 Å². The zero-order chi connectivity index (χ0) is 11.7. The lowest BCUT2D eigenvalue weighted by Gasteiger charge is -2.06. The van der Waals surface area contributed by atoms with Gasteiger partial charge in [0.1, 0.15) is 5.82 Å². The molecule has 0 aliphatic carbocycles. The Morgan fingerprint density at radius 2 is 2.00 bits per heavy atom. The lowest BCUT2D eigenvalue weighted by Crippen LogP contribution is -2.16. The molecular formula is C11H8ClFN2O. The highest BCUT2D eigenvalue weighted by Crippen LogP contribution is 2.14. The van der Waals surface area contributed by atoms with E-state index in [2.05, 4.69) is 0 Å². The van der Waals surface area contributed by atoms with Crippen LogP contribution < -0.4 is 11.3 Å². The summed E-state index contributed by atoms with van der Waals surface area (Å²) in [4.78, 5) is 11.6. The van der Waals surface area contributed by atoms with E-state index in [1.807, 2.05) is 0 Å². The molecule has 5 heteroatoms. The zero-order valence-corrected chi connectivity index (χ0v) is 8.91. The quantitative estimate of drug-likeness (QED) is 0.775. The van der Waals surface area contributed by atoms with Gasteiger partial charge < -0.3 is 5.73 Å². The molecule has 1 heterocycles. The number of nitrogens with two attached hydrogens (primary N) is 1. The number of halogens is 2. The van der Waals surface area contributed by atoms with Gasteiger partial charge in [0.25, 0.3) is 5.56 Å². The summed E-state index contributed by atoms with van der Waals surface area (Å²) in [6.45, 7) is 0. The van der Waals surface area contributed by atoms with E-state index in [0.717, 1.165) is 0 Å². The van der Waals surface area contributed by atoms with E-state index >= 15 is 0 Å². The normalized spacial score (nSPS) is 10.4. The lowest BCUT2D eigenvalue weighted by molar-refractivity contribution is 0.631. The third-order valence-corrected chi connectivity index (χ3v) is 2.38. The Morgan fingerprint density at radius 1 is 1.25 bits per heavy atom. The first kappa shape index (κ1) is 10.7. The fourth-order valence-corrected chi connectivity index (χ4v) is 1.48. The van der Waals surface area contributed by atoms with Crippen molar-refractivity contribution < 1.29 is 4.39 Å². The number of nitrogen functional groups attached to an aromatic ring is 1. The number of pyridine rings is 1. The van der Waals surface area contributed by atoms with Crippen molar-refractivity contribution in [2.24, 2.45) is 0 Å². The highest BCUT2D eigenvalue weighted by Gasteiger charge is 2.03. The van der Waals surface area contributed by atoms with Gasteiger partial charge in [-0.15, -0.1) is 0 Å². The molecule has 0 bridgehead atoms. The molecule has 0 amide bonds. The highest BCUT2D eigenvalue weighted by atomic mass is 35.5. The minimum Gasteiger partial charge on any atom is -0.396 e. The molecular weight excluding hydrogens is 231 g/mol. The molecule has 16 heavy (non-hydrogen) atoms. The molecule has 0 aliphatic heterocycles. The van der Waals surface area contributed by atoms with Crippen molar-refractivity contribution in [1.82, 2.24) is 4.57 Å². The van der Waals surface area contributed by atoms with E-state index in [-0.39, 0.29) is 11.2 Å². The zero-order valence-electron chi connectivity index (χ0n) is 8.15. The van der Waals surface area contributed by atoms with E-state index in [0.29, 0.717) is 10.7 Å². The molecule has 0 atom stereocenters. The maximum absolute atomic E-state index is 13.2. The Hall–Kier alpha value is -1.81. The first-order valence-electron chi connectivity index (χ1n) is 4.51. The lowest BCUT2D eigenvalue weighted by atomic mass is 10.2. The van der Waals surface area contributed by atoms with Gasteiger partial charge >= 0.3 is 0 Å². The van der Waals surface area contributed by atoms with Gasteiger partial charge in [0.2, 0.25) is 0 Å². The molecule has 2 rings (SSSR count). The van der Waals surface area contributed by atoms with Crippen LogP contribution in [0.3, 0.4) is 0 Å². The summed E-state index contributed by atoms with van der Waals surface area (Å²) in [5.74, 6) is -0.556. The molecule has 1 aromatic heterocycles. The maximum atomic E-state index is 13.2. The molecule has 2 aromatic rings. The van der Waals surface area contributed by atoms with E-state index in [1.54, 1.807) is 12.1 Å². The fraction of sp³-hybridized carbons (Fsp3) is 0. The second-order valence-electron chi connectivity index (χ2n) is 3.26. The smallest absolute Gasteiger partial charge is 0.256 e. The Morgan fingerprint density at radius 3 is 2.62 bits per heavy atom. The van der Waals surface area contributed by atoms with Gasteiger partial charge in [-0.2, -0.15) is 0 Å².